The number of carbonyl (C=O) groups excluding carboxylic acids is 1. The Bertz CT molecular complexity index is 1160. The monoisotopic (exact) mass is 439 g/mol. The van der Waals surface area contributed by atoms with Crippen molar-refractivity contribution < 1.29 is 17.6 Å². The Kier molecular flexibility index (Phi) is 5.83. The van der Waals surface area contributed by atoms with Crippen LogP contribution in [0.1, 0.15) is 10.4 Å². The molecule has 28 heavy (non-hydrogen) atoms. The van der Waals surface area contributed by atoms with Gasteiger partial charge in [0.25, 0.3) is 15.9 Å². The Morgan fingerprint density at radius 3 is 2.46 bits per heavy atom. The van der Waals surface area contributed by atoms with Crippen LogP contribution in [0.3, 0.4) is 0 Å². The predicted octanol–water partition coefficient (Wildman–Crippen LogP) is 4.58. The van der Waals surface area contributed by atoms with Crippen molar-refractivity contribution in [1.82, 2.24) is 4.98 Å². The number of amides is 1. The van der Waals surface area contributed by atoms with Gasteiger partial charge in [-0.05, 0) is 42.5 Å². The molecule has 0 fully saturated rings. The summed E-state index contributed by atoms with van der Waals surface area (Å²) in [5.74, 6) is -1.46. The van der Waals surface area contributed by atoms with Crippen molar-refractivity contribution in [2.45, 2.75) is 4.90 Å². The number of halogens is 3. The molecule has 0 atom stereocenters. The van der Waals surface area contributed by atoms with Crippen LogP contribution in [-0.2, 0) is 10.0 Å². The van der Waals surface area contributed by atoms with Gasteiger partial charge in [0.2, 0.25) is 0 Å². The third kappa shape index (κ3) is 4.59. The van der Waals surface area contributed by atoms with Gasteiger partial charge in [0.05, 0.1) is 11.4 Å². The van der Waals surface area contributed by atoms with Crippen LogP contribution in [0.5, 0.6) is 0 Å². The number of rotatable bonds is 5. The average Bonchev–Trinajstić information content (AvgIpc) is 2.64. The summed E-state index contributed by atoms with van der Waals surface area (Å²) in [4.78, 5) is 15.7. The van der Waals surface area contributed by atoms with Gasteiger partial charge in [0.15, 0.2) is 0 Å². The topological polar surface area (TPSA) is 88.2 Å². The molecule has 10 heteroatoms. The normalized spacial score (nSPS) is 11.1. The molecule has 3 aromatic rings. The van der Waals surface area contributed by atoms with Crippen LogP contribution in [0.4, 0.5) is 15.8 Å². The van der Waals surface area contributed by atoms with Crippen molar-refractivity contribution in [2.24, 2.45) is 0 Å². The van der Waals surface area contributed by atoms with Gasteiger partial charge < -0.3 is 5.32 Å². The van der Waals surface area contributed by atoms with Gasteiger partial charge >= 0.3 is 0 Å². The zero-order chi connectivity index (χ0) is 20.3. The molecule has 0 unspecified atom stereocenters. The molecule has 0 bridgehead atoms. The highest BCUT2D eigenvalue weighted by atomic mass is 35.5. The van der Waals surface area contributed by atoms with Crippen LogP contribution in [0.15, 0.2) is 65.7 Å². The van der Waals surface area contributed by atoms with Gasteiger partial charge in [-0.1, -0.05) is 35.3 Å². The summed E-state index contributed by atoms with van der Waals surface area (Å²) in [5, 5.41) is 2.94. The molecule has 144 valence electrons. The molecular weight excluding hydrogens is 428 g/mol. The van der Waals surface area contributed by atoms with Crippen LogP contribution in [0.2, 0.25) is 10.2 Å². The minimum absolute atomic E-state index is 0.0150. The maximum absolute atomic E-state index is 13.9. The standard InChI is InChI=1S/C18H12Cl2FN3O3S/c19-12-5-6-14(24-28(26,27)16-4-2-1-3-13(16)21)15(10-12)23-18(25)11-7-8-22-17(20)9-11/h1-10,24H,(H,23,25). The van der Waals surface area contributed by atoms with E-state index in [9.17, 15) is 17.6 Å². The fourth-order valence-corrected chi connectivity index (χ4v) is 3.82. The molecule has 0 aliphatic heterocycles. The number of aromatic nitrogens is 1. The van der Waals surface area contributed by atoms with Crippen molar-refractivity contribution in [3.8, 4) is 0 Å². The highest BCUT2D eigenvalue weighted by Gasteiger charge is 2.21. The fraction of sp³-hybridized carbons (Fsp3) is 0. The van der Waals surface area contributed by atoms with E-state index in [0.29, 0.717) is 0 Å². The number of carbonyl (C=O) groups is 1. The second-order valence-electron chi connectivity index (χ2n) is 5.55. The van der Waals surface area contributed by atoms with Crippen molar-refractivity contribution in [3.05, 3.63) is 82.4 Å². The SMILES string of the molecule is O=C(Nc1cc(Cl)ccc1NS(=O)(=O)c1ccccc1F)c1ccnc(Cl)c1. The van der Waals surface area contributed by atoms with Gasteiger partial charge in [-0.2, -0.15) is 0 Å². The third-order valence-electron chi connectivity index (χ3n) is 3.59. The Hall–Kier alpha value is -2.68. The Balaban J connectivity index is 1.93. The molecule has 6 nitrogen and oxygen atoms in total. The van der Waals surface area contributed by atoms with Crippen molar-refractivity contribution in [1.29, 1.82) is 0 Å². The van der Waals surface area contributed by atoms with E-state index in [0.717, 1.165) is 12.1 Å². The van der Waals surface area contributed by atoms with Crippen molar-refractivity contribution in [3.63, 3.8) is 0 Å². The van der Waals surface area contributed by atoms with Crippen LogP contribution >= 0.6 is 23.2 Å². The molecule has 0 saturated carbocycles. The van der Waals surface area contributed by atoms with Gasteiger partial charge in [0, 0.05) is 16.8 Å². The minimum Gasteiger partial charge on any atom is -0.320 e. The molecular formula is C18H12Cl2FN3O3S. The van der Waals surface area contributed by atoms with Crippen LogP contribution in [0, 0.1) is 5.82 Å². The third-order valence-corrected chi connectivity index (χ3v) is 5.43. The van der Waals surface area contributed by atoms with Gasteiger partial charge in [-0.3, -0.25) is 9.52 Å². The maximum Gasteiger partial charge on any atom is 0.264 e. The van der Waals surface area contributed by atoms with E-state index < -0.39 is 26.6 Å². The lowest BCUT2D eigenvalue weighted by molar-refractivity contribution is 0.102. The van der Waals surface area contributed by atoms with Crippen LogP contribution in [-0.4, -0.2) is 19.3 Å². The number of anilines is 2. The number of hydrogen-bond acceptors (Lipinski definition) is 4. The number of sulfonamides is 1. The van der Waals surface area contributed by atoms with Crippen molar-refractivity contribution in [2.75, 3.05) is 10.0 Å². The first-order valence-corrected chi connectivity index (χ1v) is 10.00. The van der Waals surface area contributed by atoms with E-state index in [1.165, 1.54) is 48.7 Å². The van der Waals surface area contributed by atoms with Gasteiger partial charge in [-0.25, -0.2) is 17.8 Å². The van der Waals surface area contributed by atoms with E-state index in [2.05, 4.69) is 15.0 Å². The van der Waals surface area contributed by atoms with E-state index in [-0.39, 0.29) is 27.1 Å². The second kappa shape index (κ2) is 8.14. The lowest BCUT2D eigenvalue weighted by Gasteiger charge is -2.14. The Morgan fingerprint density at radius 2 is 1.75 bits per heavy atom. The summed E-state index contributed by atoms with van der Waals surface area (Å²) in [6.07, 6.45) is 1.36. The predicted molar refractivity (Wildman–Crippen MR) is 106 cm³/mol. The zero-order valence-corrected chi connectivity index (χ0v) is 16.3. The highest BCUT2D eigenvalue weighted by Crippen LogP contribution is 2.29. The quantitative estimate of drug-likeness (QED) is 0.569. The summed E-state index contributed by atoms with van der Waals surface area (Å²) in [5.41, 5.74) is 0.314. The molecule has 0 aliphatic carbocycles. The first-order valence-electron chi connectivity index (χ1n) is 7.76. The molecule has 1 heterocycles. The second-order valence-corrected chi connectivity index (χ2v) is 8.02. The van der Waals surface area contributed by atoms with E-state index in [1.807, 2.05) is 0 Å². The average molecular weight is 440 g/mol. The fourth-order valence-electron chi connectivity index (χ4n) is 2.31. The molecule has 0 saturated heterocycles. The minimum atomic E-state index is -4.24. The van der Waals surface area contributed by atoms with Crippen LogP contribution in [0.25, 0.3) is 0 Å². The Labute approximate surface area is 170 Å². The largest absolute Gasteiger partial charge is 0.320 e. The van der Waals surface area contributed by atoms with Gasteiger partial charge in [0.1, 0.15) is 15.9 Å². The summed E-state index contributed by atoms with van der Waals surface area (Å²) in [6.45, 7) is 0. The molecule has 1 amide bonds. The first kappa shape index (κ1) is 20.1. The lowest BCUT2D eigenvalue weighted by Crippen LogP contribution is -2.18. The van der Waals surface area contributed by atoms with Crippen molar-refractivity contribution >= 4 is 50.5 Å². The molecule has 2 aromatic carbocycles. The number of nitrogens with one attached hydrogen (secondary N) is 2. The molecule has 0 aliphatic rings. The van der Waals surface area contributed by atoms with Crippen LogP contribution < -0.4 is 10.0 Å². The summed E-state index contributed by atoms with van der Waals surface area (Å²) >= 11 is 11.7. The first-order chi connectivity index (χ1) is 13.3. The molecule has 3 rings (SSSR count). The van der Waals surface area contributed by atoms with Gasteiger partial charge in [-0.15, -0.1) is 0 Å². The highest BCUT2D eigenvalue weighted by molar-refractivity contribution is 7.92. The Morgan fingerprint density at radius 1 is 1.00 bits per heavy atom. The molecule has 1 aromatic heterocycles. The molecule has 2 N–H and O–H groups in total. The zero-order valence-electron chi connectivity index (χ0n) is 14.0. The smallest absolute Gasteiger partial charge is 0.264 e. The number of benzene rings is 2. The summed E-state index contributed by atoms with van der Waals surface area (Å²) < 4.78 is 41.2. The summed E-state index contributed by atoms with van der Waals surface area (Å²) in [7, 11) is -4.24. The van der Waals surface area contributed by atoms with E-state index >= 15 is 0 Å². The molecule has 0 spiro atoms. The lowest BCUT2D eigenvalue weighted by atomic mass is 10.2. The van der Waals surface area contributed by atoms with E-state index in [1.54, 1.807) is 0 Å². The maximum atomic E-state index is 13.9. The molecule has 0 radical (unpaired) electrons. The number of hydrogen-bond donors (Lipinski definition) is 2. The number of nitrogens with zero attached hydrogens (tertiary/aromatic N) is 1. The summed E-state index contributed by atoms with van der Waals surface area (Å²) in [6, 6.07) is 11.9. The number of pyridine rings is 1. The van der Waals surface area contributed by atoms with E-state index in [4.69, 9.17) is 23.2 Å².